The van der Waals surface area contributed by atoms with Gasteiger partial charge < -0.3 is 4.74 Å². The van der Waals surface area contributed by atoms with Gasteiger partial charge in [0.1, 0.15) is 5.75 Å². The predicted octanol–water partition coefficient (Wildman–Crippen LogP) is 2.56. The molecule has 0 amide bonds. The molecule has 0 aromatic carbocycles. The minimum absolute atomic E-state index is 0.0607. The van der Waals surface area contributed by atoms with Crippen molar-refractivity contribution in [1.29, 1.82) is 0 Å². The Morgan fingerprint density at radius 1 is 1.29 bits per heavy atom. The highest BCUT2D eigenvalue weighted by molar-refractivity contribution is 7.11. The fourth-order valence-corrected chi connectivity index (χ4v) is 1.93. The Morgan fingerprint density at radius 2 is 2.12 bits per heavy atom. The minimum Gasteiger partial charge on any atom is -0.489 e. The van der Waals surface area contributed by atoms with Gasteiger partial charge in [-0.15, -0.1) is 11.3 Å². The molecule has 0 saturated carbocycles. The Hall–Kier alpha value is -1.75. The van der Waals surface area contributed by atoms with Gasteiger partial charge in [0.15, 0.2) is 0 Å². The smallest absolute Gasteiger partial charge is 0.206 e. The third-order valence-corrected chi connectivity index (χ3v) is 2.78. The molecule has 0 atom stereocenters. The largest absolute Gasteiger partial charge is 0.489 e. The summed E-state index contributed by atoms with van der Waals surface area (Å²) in [6.07, 6.45) is 4.76. The van der Waals surface area contributed by atoms with Crippen LogP contribution in [0.1, 0.15) is 29.1 Å². The van der Waals surface area contributed by atoms with Gasteiger partial charge in [0.2, 0.25) is 5.78 Å². The summed E-state index contributed by atoms with van der Waals surface area (Å²) in [5, 5.41) is 0. The van der Waals surface area contributed by atoms with E-state index in [0.717, 1.165) is 0 Å². The Balaban J connectivity index is 2.24. The second kappa shape index (κ2) is 5.05. The first-order valence-electron chi connectivity index (χ1n) is 5.21. The molecule has 0 spiro atoms. The summed E-state index contributed by atoms with van der Waals surface area (Å²) in [5.74, 6) is 0.532. The zero-order chi connectivity index (χ0) is 12.3. The molecule has 2 aromatic rings. The number of rotatable bonds is 4. The Morgan fingerprint density at radius 3 is 2.76 bits per heavy atom. The predicted molar refractivity (Wildman–Crippen MR) is 65.5 cm³/mol. The van der Waals surface area contributed by atoms with Crippen LogP contribution in [0, 0.1) is 0 Å². The van der Waals surface area contributed by atoms with Crippen LogP contribution in [0.4, 0.5) is 0 Å². The van der Waals surface area contributed by atoms with Crippen molar-refractivity contribution in [1.82, 2.24) is 9.97 Å². The van der Waals surface area contributed by atoms with E-state index < -0.39 is 0 Å². The number of ether oxygens (including phenoxy) is 1. The number of ketones is 1. The van der Waals surface area contributed by atoms with E-state index >= 15 is 0 Å². The van der Waals surface area contributed by atoms with Crippen molar-refractivity contribution < 1.29 is 9.53 Å². The van der Waals surface area contributed by atoms with Crippen LogP contribution in [-0.4, -0.2) is 21.9 Å². The summed E-state index contributed by atoms with van der Waals surface area (Å²) >= 11 is 1.32. The van der Waals surface area contributed by atoms with Crippen molar-refractivity contribution in [3.8, 4) is 5.75 Å². The van der Waals surface area contributed by atoms with Crippen molar-refractivity contribution in [3.63, 3.8) is 0 Å². The van der Waals surface area contributed by atoms with Crippen LogP contribution < -0.4 is 4.74 Å². The lowest BCUT2D eigenvalue weighted by atomic mass is 10.2. The number of pyridine rings is 1. The van der Waals surface area contributed by atoms with E-state index in [9.17, 15) is 4.79 Å². The highest BCUT2D eigenvalue weighted by atomic mass is 32.1. The number of hydrogen-bond acceptors (Lipinski definition) is 5. The number of thiazole rings is 1. The molecule has 2 heterocycles. The first-order chi connectivity index (χ1) is 8.16. The van der Waals surface area contributed by atoms with E-state index in [1.54, 1.807) is 24.0 Å². The Kier molecular flexibility index (Phi) is 3.49. The first-order valence-corrected chi connectivity index (χ1v) is 6.09. The second-order valence-corrected chi connectivity index (χ2v) is 4.66. The average molecular weight is 248 g/mol. The second-order valence-electron chi connectivity index (χ2n) is 3.77. The third-order valence-electron chi connectivity index (χ3n) is 2.00. The van der Waals surface area contributed by atoms with E-state index in [2.05, 4.69) is 9.97 Å². The van der Waals surface area contributed by atoms with E-state index in [1.165, 1.54) is 17.5 Å². The number of carbonyl (C=O) groups is 1. The van der Waals surface area contributed by atoms with Gasteiger partial charge in [0.25, 0.3) is 0 Å². The van der Waals surface area contributed by atoms with Gasteiger partial charge in [0, 0.05) is 18.0 Å². The van der Waals surface area contributed by atoms with Gasteiger partial charge in [-0.2, -0.15) is 0 Å². The summed E-state index contributed by atoms with van der Waals surface area (Å²) in [6, 6.07) is 1.70. The Labute approximate surface area is 103 Å². The molecule has 0 bridgehead atoms. The van der Waals surface area contributed by atoms with Crippen LogP contribution in [0.2, 0.25) is 0 Å². The van der Waals surface area contributed by atoms with Crippen molar-refractivity contribution >= 4 is 17.1 Å². The number of nitrogens with zero attached hydrogens (tertiary/aromatic N) is 2. The molecule has 0 saturated heterocycles. The van der Waals surface area contributed by atoms with E-state index in [0.29, 0.717) is 16.2 Å². The monoisotopic (exact) mass is 248 g/mol. The number of carbonyl (C=O) groups excluding carboxylic acids is 1. The minimum atomic E-state index is -0.0748. The maximum Gasteiger partial charge on any atom is 0.206 e. The fraction of sp³-hybridized carbons (Fsp3) is 0.250. The highest BCUT2D eigenvalue weighted by Gasteiger charge is 2.12. The van der Waals surface area contributed by atoms with Crippen LogP contribution in [0.15, 0.2) is 30.2 Å². The van der Waals surface area contributed by atoms with Crippen molar-refractivity contribution in [2.24, 2.45) is 0 Å². The van der Waals surface area contributed by atoms with E-state index in [1.807, 2.05) is 13.8 Å². The maximum atomic E-state index is 12.0. The molecular formula is C12H12N2O2S. The lowest BCUT2D eigenvalue weighted by molar-refractivity contribution is 0.104. The summed E-state index contributed by atoms with van der Waals surface area (Å²) in [4.78, 5) is 20.5. The van der Waals surface area contributed by atoms with E-state index in [-0.39, 0.29) is 11.9 Å². The molecule has 5 heteroatoms. The van der Waals surface area contributed by atoms with E-state index in [4.69, 9.17) is 4.74 Å². The van der Waals surface area contributed by atoms with Crippen LogP contribution in [0.5, 0.6) is 5.75 Å². The van der Waals surface area contributed by atoms with Gasteiger partial charge in [-0.25, -0.2) is 0 Å². The van der Waals surface area contributed by atoms with Gasteiger partial charge in [-0.05, 0) is 19.9 Å². The molecule has 0 aliphatic rings. The van der Waals surface area contributed by atoms with Gasteiger partial charge in [-0.1, -0.05) is 0 Å². The zero-order valence-corrected chi connectivity index (χ0v) is 10.4. The standard InChI is InChI=1S/C12H12N2O2S/c1-8(2)16-10-3-9(4-13-5-10)12(15)11-6-14-7-17-11/h3-8H,1-2H3. The summed E-state index contributed by atoms with van der Waals surface area (Å²) in [7, 11) is 0. The molecular weight excluding hydrogens is 236 g/mol. The topological polar surface area (TPSA) is 52.1 Å². The molecule has 0 aliphatic carbocycles. The molecule has 0 aliphatic heterocycles. The van der Waals surface area contributed by atoms with Crippen molar-refractivity contribution in [2.45, 2.75) is 20.0 Å². The molecule has 17 heavy (non-hydrogen) atoms. The van der Waals surface area contributed by atoms with Crippen LogP contribution in [0.3, 0.4) is 0 Å². The number of aromatic nitrogens is 2. The fourth-order valence-electron chi connectivity index (χ4n) is 1.35. The SMILES string of the molecule is CC(C)Oc1cncc(C(=O)c2cncs2)c1. The lowest BCUT2D eigenvalue weighted by Crippen LogP contribution is -2.07. The van der Waals surface area contributed by atoms with Crippen molar-refractivity contribution in [2.75, 3.05) is 0 Å². The molecule has 88 valence electrons. The van der Waals surface area contributed by atoms with Crippen LogP contribution in [-0.2, 0) is 0 Å². The highest BCUT2D eigenvalue weighted by Crippen LogP contribution is 2.17. The zero-order valence-electron chi connectivity index (χ0n) is 9.58. The van der Waals surface area contributed by atoms with Gasteiger partial charge in [-0.3, -0.25) is 14.8 Å². The molecule has 0 unspecified atom stereocenters. The molecule has 4 nitrogen and oxygen atoms in total. The molecule has 0 fully saturated rings. The third kappa shape index (κ3) is 2.88. The maximum absolute atomic E-state index is 12.0. The van der Waals surface area contributed by atoms with Gasteiger partial charge >= 0.3 is 0 Å². The molecule has 0 radical (unpaired) electrons. The molecule has 2 rings (SSSR count). The van der Waals surface area contributed by atoms with Crippen LogP contribution in [0.25, 0.3) is 0 Å². The summed E-state index contributed by atoms with van der Waals surface area (Å²) in [6.45, 7) is 3.86. The normalized spacial score (nSPS) is 10.5. The quantitative estimate of drug-likeness (QED) is 0.780. The van der Waals surface area contributed by atoms with Gasteiger partial charge in [0.05, 0.1) is 22.7 Å². The summed E-state index contributed by atoms with van der Waals surface area (Å²) < 4.78 is 5.50. The molecule has 0 N–H and O–H groups in total. The van der Waals surface area contributed by atoms with Crippen molar-refractivity contribution in [3.05, 3.63) is 40.6 Å². The lowest BCUT2D eigenvalue weighted by Gasteiger charge is -2.09. The average Bonchev–Trinajstić information content (AvgIpc) is 2.81. The Bertz CT molecular complexity index is 509. The first kappa shape index (κ1) is 11.7. The van der Waals surface area contributed by atoms with Crippen LogP contribution >= 0.6 is 11.3 Å². The summed E-state index contributed by atoms with van der Waals surface area (Å²) in [5.41, 5.74) is 2.15. The number of hydrogen-bond donors (Lipinski definition) is 0. The molecule has 2 aromatic heterocycles.